The zero-order valence-corrected chi connectivity index (χ0v) is 11.9. The Kier molecular flexibility index (Phi) is 5.90. The van der Waals surface area contributed by atoms with E-state index >= 15 is 0 Å². The standard InChI is InChI=1S/C13H18BrNO3/c14-11-5-6-12(15-10-11)16-8-3-9-18-13-4-1-2-7-17-13/h5-6,10,13H,1-4,7-9H2. The van der Waals surface area contributed by atoms with Crippen LogP contribution in [0.25, 0.3) is 0 Å². The SMILES string of the molecule is Brc1ccc(OCCCOC2CCCCO2)nc1. The average molecular weight is 316 g/mol. The van der Waals surface area contributed by atoms with E-state index in [1.165, 1.54) is 6.42 Å². The van der Waals surface area contributed by atoms with Crippen molar-refractivity contribution < 1.29 is 14.2 Å². The predicted molar refractivity (Wildman–Crippen MR) is 71.6 cm³/mol. The third kappa shape index (κ3) is 4.92. The Morgan fingerprint density at radius 2 is 2.28 bits per heavy atom. The molecular formula is C13H18BrNO3. The molecule has 0 spiro atoms. The van der Waals surface area contributed by atoms with E-state index in [1.54, 1.807) is 6.20 Å². The first-order chi connectivity index (χ1) is 8.84. The quantitative estimate of drug-likeness (QED) is 0.756. The summed E-state index contributed by atoms with van der Waals surface area (Å²) in [6, 6.07) is 3.75. The molecule has 1 aromatic heterocycles. The number of nitrogens with zero attached hydrogens (tertiary/aromatic N) is 1. The van der Waals surface area contributed by atoms with Gasteiger partial charge >= 0.3 is 0 Å². The molecule has 0 bridgehead atoms. The lowest BCUT2D eigenvalue weighted by molar-refractivity contribution is -0.163. The molecule has 2 heterocycles. The van der Waals surface area contributed by atoms with Crippen LogP contribution < -0.4 is 4.74 Å². The van der Waals surface area contributed by atoms with Crippen molar-refractivity contribution in [2.24, 2.45) is 0 Å². The molecule has 1 saturated heterocycles. The molecule has 0 N–H and O–H groups in total. The van der Waals surface area contributed by atoms with E-state index in [4.69, 9.17) is 14.2 Å². The van der Waals surface area contributed by atoms with Crippen molar-refractivity contribution in [2.75, 3.05) is 19.8 Å². The van der Waals surface area contributed by atoms with Crippen molar-refractivity contribution in [3.63, 3.8) is 0 Å². The lowest BCUT2D eigenvalue weighted by atomic mass is 10.2. The zero-order chi connectivity index (χ0) is 12.6. The minimum absolute atomic E-state index is 0.00967. The number of hydrogen-bond acceptors (Lipinski definition) is 4. The summed E-state index contributed by atoms with van der Waals surface area (Å²) in [7, 11) is 0. The first-order valence-corrected chi connectivity index (χ1v) is 7.11. The van der Waals surface area contributed by atoms with Gasteiger partial charge in [0.15, 0.2) is 6.29 Å². The van der Waals surface area contributed by atoms with E-state index in [1.807, 2.05) is 12.1 Å². The maximum Gasteiger partial charge on any atom is 0.213 e. The molecule has 100 valence electrons. The van der Waals surface area contributed by atoms with Gasteiger partial charge < -0.3 is 14.2 Å². The maximum atomic E-state index is 5.61. The lowest BCUT2D eigenvalue weighted by Gasteiger charge is -2.22. The van der Waals surface area contributed by atoms with Gasteiger partial charge in [0, 0.05) is 29.8 Å². The highest BCUT2D eigenvalue weighted by Gasteiger charge is 2.13. The van der Waals surface area contributed by atoms with Crippen molar-refractivity contribution in [1.82, 2.24) is 4.98 Å². The molecule has 4 nitrogen and oxygen atoms in total. The molecule has 1 unspecified atom stereocenters. The molecule has 18 heavy (non-hydrogen) atoms. The zero-order valence-electron chi connectivity index (χ0n) is 10.3. The second-order valence-electron chi connectivity index (χ2n) is 4.18. The van der Waals surface area contributed by atoms with Crippen molar-refractivity contribution >= 4 is 15.9 Å². The number of pyridine rings is 1. The number of ether oxygens (including phenoxy) is 3. The Bertz CT molecular complexity index is 339. The molecule has 0 aliphatic carbocycles. The van der Waals surface area contributed by atoms with E-state index in [0.29, 0.717) is 19.1 Å². The van der Waals surface area contributed by atoms with Crippen LogP contribution in [0.5, 0.6) is 5.88 Å². The smallest absolute Gasteiger partial charge is 0.213 e. The number of rotatable bonds is 6. The van der Waals surface area contributed by atoms with Crippen LogP contribution >= 0.6 is 15.9 Å². The highest BCUT2D eigenvalue weighted by Crippen LogP contribution is 2.14. The third-order valence-electron chi connectivity index (χ3n) is 2.68. The lowest BCUT2D eigenvalue weighted by Crippen LogP contribution is -2.23. The van der Waals surface area contributed by atoms with E-state index in [2.05, 4.69) is 20.9 Å². The molecule has 0 saturated carbocycles. The highest BCUT2D eigenvalue weighted by atomic mass is 79.9. The summed E-state index contributed by atoms with van der Waals surface area (Å²) in [5.74, 6) is 0.645. The maximum absolute atomic E-state index is 5.61. The first-order valence-electron chi connectivity index (χ1n) is 6.32. The summed E-state index contributed by atoms with van der Waals surface area (Å²) in [6.45, 7) is 2.10. The molecule has 0 radical (unpaired) electrons. The van der Waals surface area contributed by atoms with Crippen LogP contribution in [0, 0.1) is 0 Å². The average Bonchev–Trinajstić information content (AvgIpc) is 2.42. The van der Waals surface area contributed by atoms with Gasteiger partial charge in [-0.25, -0.2) is 4.98 Å². The topological polar surface area (TPSA) is 40.6 Å². The predicted octanol–water partition coefficient (Wildman–Crippen LogP) is 3.16. The Morgan fingerprint density at radius 3 is 3.00 bits per heavy atom. The van der Waals surface area contributed by atoms with Gasteiger partial charge in [0.25, 0.3) is 0 Å². The minimum atomic E-state index is -0.00967. The first kappa shape index (κ1) is 13.8. The van der Waals surface area contributed by atoms with Crippen LogP contribution in [0.3, 0.4) is 0 Å². The fraction of sp³-hybridized carbons (Fsp3) is 0.615. The molecule has 0 aromatic carbocycles. The Morgan fingerprint density at radius 1 is 1.33 bits per heavy atom. The Labute approximate surface area is 116 Å². The van der Waals surface area contributed by atoms with Crippen LogP contribution in [0.15, 0.2) is 22.8 Å². The Hall–Kier alpha value is -0.650. The molecule has 1 aliphatic heterocycles. The normalized spacial score (nSPS) is 19.7. The summed E-state index contributed by atoms with van der Waals surface area (Å²) in [6.07, 6.45) is 5.92. The van der Waals surface area contributed by atoms with Gasteiger partial charge in [-0.3, -0.25) is 0 Å². The minimum Gasteiger partial charge on any atom is -0.478 e. The number of halogens is 1. The van der Waals surface area contributed by atoms with Crippen LogP contribution in [-0.4, -0.2) is 31.1 Å². The second-order valence-corrected chi connectivity index (χ2v) is 5.10. The van der Waals surface area contributed by atoms with Crippen molar-refractivity contribution in [3.05, 3.63) is 22.8 Å². The monoisotopic (exact) mass is 315 g/mol. The molecular weight excluding hydrogens is 298 g/mol. The molecule has 1 fully saturated rings. The Balaban J connectivity index is 1.54. The fourth-order valence-corrected chi connectivity index (χ4v) is 1.98. The van der Waals surface area contributed by atoms with Crippen LogP contribution in [0.2, 0.25) is 0 Å². The van der Waals surface area contributed by atoms with Gasteiger partial charge in [-0.05, 0) is 41.3 Å². The van der Waals surface area contributed by atoms with Crippen molar-refractivity contribution in [2.45, 2.75) is 32.0 Å². The van der Waals surface area contributed by atoms with E-state index in [9.17, 15) is 0 Å². The summed E-state index contributed by atoms with van der Waals surface area (Å²) in [4.78, 5) is 4.13. The summed E-state index contributed by atoms with van der Waals surface area (Å²) >= 11 is 3.33. The molecule has 2 rings (SSSR count). The number of hydrogen-bond donors (Lipinski definition) is 0. The molecule has 0 amide bonds. The molecule has 1 aliphatic rings. The summed E-state index contributed by atoms with van der Waals surface area (Å²) < 4.78 is 17.5. The second kappa shape index (κ2) is 7.71. The third-order valence-corrected chi connectivity index (χ3v) is 3.15. The van der Waals surface area contributed by atoms with E-state index in [-0.39, 0.29) is 6.29 Å². The largest absolute Gasteiger partial charge is 0.478 e. The van der Waals surface area contributed by atoms with Gasteiger partial charge in [0.1, 0.15) is 0 Å². The van der Waals surface area contributed by atoms with Crippen LogP contribution in [0.1, 0.15) is 25.7 Å². The van der Waals surface area contributed by atoms with Gasteiger partial charge in [0.2, 0.25) is 5.88 Å². The highest BCUT2D eigenvalue weighted by molar-refractivity contribution is 9.10. The van der Waals surface area contributed by atoms with Gasteiger partial charge in [-0.2, -0.15) is 0 Å². The van der Waals surface area contributed by atoms with Gasteiger partial charge in [0.05, 0.1) is 13.2 Å². The van der Waals surface area contributed by atoms with E-state index < -0.39 is 0 Å². The summed E-state index contributed by atoms with van der Waals surface area (Å²) in [5.41, 5.74) is 0. The van der Waals surface area contributed by atoms with Crippen LogP contribution in [-0.2, 0) is 9.47 Å². The summed E-state index contributed by atoms with van der Waals surface area (Å²) in [5, 5.41) is 0. The number of aromatic nitrogens is 1. The van der Waals surface area contributed by atoms with Crippen molar-refractivity contribution in [3.8, 4) is 5.88 Å². The fourth-order valence-electron chi connectivity index (χ4n) is 1.74. The van der Waals surface area contributed by atoms with Gasteiger partial charge in [-0.15, -0.1) is 0 Å². The molecule has 1 aromatic rings. The molecule has 1 atom stereocenters. The van der Waals surface area contributed by atoms with E-state index in [0.717, 1.165) is 30.3 Å². The van der Waals surface area contributed by atoms with Gasteiger partial charge in [-0.1, -0.05) is 0 Å². The molecule has 5 heteroatoms. The van der Waals surface area contributed by atoms with Crippen molar-refractivity contribution in [1.29, 1.82) is 0 Å². The van der Waals surface area contributed by atoms with Crippen LogP contribution in [0.4, 0.5) is 0 Å².